The lowest BCUT2D eigenvalue weighted by Gasteiger charge is -2.32. The Labute approximate surface area is 322 Å². The first-order chi connectivity index (χ1) is 26.0. The third-order valence-corrected chi connectivity index (χ3v) is 12.6. The van der Waals surface area contributed by atoms with Crippen LogP contribution in [0.1, 0.15) is 106 Å². The number of ether oxygens (including phenoxy) is 2. The molecular formula is C45H47BrF6O2. The Bertz CT molecular complexity index is 1790. The van der Waals surface area contributed by atoms with Gasteiger partial charge in [-0.25, -0.2) is 17.6 Å². The van der Waals surface area contributed by atoms with E-state index in [1.165, 1.54) is 69.9 Å². The summed E-state index contributed by atoms with van der Waals surface area (Å²) in [5.41, 5.74) is 3.09. The minimum Gasteiger partial charge on any atom is -0.373 e. The van der Waals surface area contributed by atoms with Crippen molar-refractivity contribution in [1.82, 2.24) is 0 Å². The Hall–Kier alpha value is -3.14. The summed E-state index contributed by atoms with van der Waals surface area (Å²) in [4.78, 5) is -3.75. The van der Waals surface area contributed by atoms with Gasteiger partial charge in [-0.3, -0.25) is 0 Å². The maximum Gasteiger partial charge on any atom is 0.332 e. The molecule has 0 N–H and O–H groups in total. The second-order valence-electron chi connectivity index (χ2n) is 15.6. The molecule has 54 heavy (non-hydrogen) atoms. The van der Waals surface area contributed by atoms with Crippen molar-refractivity contribution in [2.24, 2.45) is 23.7 Å². The summed E-state index contributed by atoms with van der Waals surface area (Å²) < 4.78 is 93.8. The summed E-state index contributed by atoms with van der Waals surface area (Å²) >= 11 is 2.02. The molecule has 4 atom stereocenters. The third kappa shape index (κ3) is 9.44. The molecule has 2 heterocycles. The zero-order valence-corrected chi connectivity index (χ0v) is 31.9. The molecule has 2 aliphatic heterocycles. The summed E-state index contributed by atoms with van der Waals surface area (Å²) in [6.07, 6.45) is 15.4. The molecule has 4 aromatic rings. The normalized spacial score (nSPS) is 24.0. The largest absolute Gasteiger partial charge is 0.373 e. The number of hydrogen-bond donors (Lipinski definition) is 0. The Morgan fingerprint density at radius 3 is 1.20 bits per heavy atom. The second kappa shape index (κ2) is 17.3. The van der Waals surface area contributed by atoms with Gasteiger partial charge in [0.25, 0.3) is 0 Å². The van der Waals surface area contributed by atoms with E-state index in [4.69, 9.17) is 9.47 Å². The number of halogens is 7. The molecule has 4 unspecified atom stereocenters. The number of benzene rings is 4. The van der Waals surface area contributed by atoms with Crippen molar-refractivity contribution >= 4 is 15.9 Å². The fourth-order valence-corrected chi connectivity index (χ4v) is 9.56. The summed E-state index contributed by atoms with van der Waals surface area (Å²) in [5, 5.41) is 0. The molecule has 2 aliphatic carbocycles. The van der Waals surface area contributed by atoms with Crippen LogP contribution < -0.4 is 0 Å². The van der Waals surface area contributed by atoms with Crippen molar-refractivity contribution in [3.8, 4) is 22.3 Å². The molecule has 0 bridgehead atoms. The molecule has 2 saturated carbocycles. The smallest absolute Gasteiger partial charge is 0.332 e. The predicted octanol–water partition coefficient (Wildman–Crippen LogP) is 14.0. The monoisotopic (exact) mass is 812 g/mol. The number of hydrogen-bond acceptors (Lipinski definition) is 2. The molecule has 0 amide bonds. The molecule has 4 aromatic carbocycles. The Morgan fingerprint density at radius 1 is 0.463 bits per heavy atom. The van der Waals surface area contributed by atoms with Crippen molar-refractivity contribution in [1.29, 1.82) is 0 Å². The van der Waals surface area contributed by atoms with Crippen LogP contribution in [-0.4, -0.2) is 13.2 Å². The molecule has 2 saturated heterocycles. The highest BCUT2D eigenvalue weighted by Gasteiger charge is 2.35. The van der Waals surface area contributed by atoms with Crippen LogP contribution in [0, 0.1) is 46.9 Å². The van der Waals surface area contributed by atoms with E-state index in [2.05, 4.69) is 0 Å². The van der Waals surface area contributed by atoms with Crippen LogP contribution in [0.4, 0.5) is 26.3 Å². The quantitative estimate of drug-likeness (QED) is 0.137. The van der Waals surface area contributed by atoms with Crippen molar-refractivity contribution in [2.75, 3.05) is 13.2 Å². The average molecular weight is 814 g/mol. The van der Waals surface area contributed by atoms with Crippen molar-refractivity contribution < 1.29 is 35.8 Å². The molecular weight excluding hydrogens is 766 g/mol. The van der Waals surface area contributed by atoms with E-state index in [0.717, 1.165) is 85.1 Å². The van der Waals surface area contributed by atoms with Gasteiger partial charge in [0.1, 0.15) is 28.8 Å². The van der Waals surface area contributed by atoms with Gasteiger partial charge in [0.15, 0.2) is 0 Å². The fraction of sp³-hybridized carbons (Fsp3) is 0.467. The van der Waals surface area contributed by atoms with Gasteiger partial charge in [-0.05, 0) is 123 Å². The minimum atomic E-state index is -3.75. The first kappa shape index (κ1) is 39.1. The molecule has 0 aromatic heterocycles. The van der Waals surface area contributed by atoms with Crippen molar-refractivity contribution in [3.63, 3.8) is 0 Å². The lowest BCUT2D eigenvalue weighted by atomic mass is 9.84. The van der Waals surface area contributed by atoms with Gasteiger partial charge >= 0.3 is 4.83 Å². The van der Waals surface area contributed by atoms with Crippen LogP contribution in [0.2, 0.25) is 0 Å². The lowest BCUT2D eigenvalue weighted by Crippen LogP contribution is -2.25. The highest BCUT2D eigenvalue weighted by Crippen LogP contribution is 2.43. The average Bonchev–Trinajstić information content (AvgIpc) is 3.91. The zero-order valence-electron chi connectivity index (χ0n) is 30.3. The van der Waals surface area contributed by atoms with Crippen LogP contribution in [0.3, 0.4) is 0 Å². The van der Waals surface area contributed by atoms with E-state index in [0.29, 0.717) is 17.0 Å². The maximum atomic E-state index is 14.1. The molecule has 0 spiro atoms. The summed E-state index contributed by atoms with van der Waals surface area (Å²) in [6, 6.07) is 20.7. The van der Waals surface area contributed by atoms with Crippen molar-refractivity contribution in [3.05, 3.63) is 119 Å². The predicted molar refractivity (Wildman–Crippen MR) is 203 cm³/mol. The van der Waals surface area contributed by atoms with Crippen LogP contribution in [0.25, 0.3) is 22.3 Å². The molecule has 9 heteroatoms. The van der Waals surface area contributed by atoms with Crippen LogP contribution in [0.15, 0.2) is 78.9 Å². The van der Waals surface area contributed by atoms with Gasteiger partial charge in [0.2, 0.25) is 0 Å². The standard InChI is InChI=1S/C23H23BrF4O.C22H24F2O/c24-23(27,28)22-19(25)11-18(12-20(22)26)15-5-7-16(8-6-15)21-10-9-17(13-29-21)14-3-1-2-4-14;23-20-11-19(12-21(24)13-20)16-5-7-17(8-6-16)22-10-9-18(14-25-22)15-3-1-2-4-15/h5-8,11-12,14,17,21H,1-4,9-10,13H2;5-8,11-13,15,18,22H,1-4,9-10,14H2. The molecule has 2 nitrogen and oxygen atoms in total. The highest BCUT2D eigenvalue weighted by molar-refractivity contribution is 9.09. The molecule has 0 radical (unpaired) electrons. The van der Waals surface area contributed by atoms with Crippen LogP contribution >= 0.6 is 15.9 Å². The SMILES string of the molecule is Fc1cc(-c2ccc(C3CCC(C4CCCC4)CO3)cc2)cc(F)c1C(F)(F)Br.Fc1cc(F)cc(-c2ccc(C3CCC(C4CCCC4)CO3)cc2)c1. The molecule has 8 rings (SSSR count). The van der Waals surface area contributed by atoms with E-state index >= 15 is 0 Å². The molecule has 4 aliphatic rings. The first-order valence-corrected chi connectivity index (χ1v) is 20.3. The van der Waals surface area contributed by atoms with Crippen LogP contribution in [-0.2, 0) is 14.3 Å². The second-order valence-corrected chi connectivity index (χ2v) is 16.6. The summed E-state index contributed by atoms with van der Waals surface area (Å²) in [5.74, 6) is -0.596. The van der Waals surface area contributed by atoms with E-state index < -0.39 is 33.7 Å². The van der Waals surface area contributed by atoms with Gasteiger partial charge in [-0.15, -0.1) is 0 Å². The fourth-order valence-electron chi connectivity index (χ4n) is 9.18. The Kier molecular flexibility index (Phi) is 12.6. The van der Waals surface area contributed by atoms with Crippen LogP contribution in [0.5, 0.6) is 0 Å². The first-order valence-electron chi connectivity index (χ1n) is 19.5. The molecule has 4 fully saturated rings. The van der Waals surface area contributed by atoms with E-state index in [-0.39, 0.29) is 17.8 Å². The molecule has 288 valence electrons. The Morgan fingerprint density at radius 2 is 0.852 bits per heavy atom. The van der Waals surface area contributed by atoms with Gasteiger partial charge in [-0.2, -0.15) is 8.78 Å². The lowest BCUT2D eigenvalue weighted by molar-refractivity contribution is -0.0329. The number of alkyl halides is 3. The third-order valence-electron chi connectivity index (χ3n) is 12.2. The minimum absolute atomic E-state index is 0.0321. The zero-order chi connectivity index (χ0) is 37.8. The highest BCUT2D eigenvalue weighted by atomic mass is 79.9. The number of rotatable bonds is 7. The van der Waals surface area contributed by atoms with Gasteiger partial charge in [-0.1, -0.05) is 99.9 Å². The van der Waals surface area contributed by atoms with E-state index in [1.807, 2.05) is 52.3 Å². The maximum absolute atomic E-state index is 14.1. The van der Waals surface area contributed by atoms with Gasteiger partial charge in [0.05, 0.1) is 25.4 Å². The Balaban J connectivity index is 0.000000168. The van der Waals surface area contributed by atoms with E-state index in [9.17, 15) is 26.3 Å². The van der Waals surface area contributed by atoms with Gasteiger partial charge in [0, 0.05) is 6.07 Å². The topological polar surface area (TPSA) is 18.5 Å². The van der Waals surface area contributed by atoms with Crippen molar-refractivity contribution in [2.45, 2.75) is 94.1 Å². The summed E-state index contributed by atoms with van der Waals surface area (Å²) in [7, 11) is 0. The van der Waals surface area contributed by atoms with Gasteiger partial charge < -0.3 is 9.47 Å². The summed E-state index contributed by atoms with van der Waals surface area (Å²) in [6.45, 7) is 1.65. The van der Waals surface area contributed by atoms with E-state index in [1.54, 1.807) is 12.1 Å².